The molecule has 9 heteroatoms. The van der Waals surface area contributed by atoms with Crippen molar-refractivity contribution in [3.05, 3.63) is 69.7 Å². The van der Waals surface area contributed by atoms with E-state index in [2.05, 4.69) is 5.43 Å². The number of nitrogens with one attached hydrogen (secondary N) is 1. The molecule has 0 aliphatic carbocycles. The molecule has 0 bridgehead atoms. The van der Waals surface area contributed by atoms with E-state index in [0.717, 1.165) is 6.42 Å². The van der Waals surface area contributed by atoms with Crippen molar-refractivity contribution >= 4 is 35.0 Å². The van der Waals surface area contributed by atoms with Crippen LogP contribution < -0.4 is 5.43 Å². The van der Waals surface area contributed by atoms with Crippen LogP contribution in [0.1, 0.15) is 55.9 Å². The van der Waals surface area contributed by atoms with Crippen LogP contribution in [0.2, 0.25) is 10.0 Å². The third-order valence-electron chi connectivity index (χ3n) is 5.48. The fraction of sp³-hybridized carbons (Fsp3) is 0.417. The lowest BCUT2D eigenvalue weighted by Crippen LogP contribution is -2.58. The first kappa shape index (κ1) is 25.5. The number of unbranched alkanes of at least 4 members (excludes halogenated alkanes) is 1. The number of carbonyl (C=O) groups is 2. The van der Waals surface area contributed by atoms with Crippen molar-refractivity contribution in [2.24, 2.45) is 0 Å². The number of carbonyl (C=O) groups excluding carboxylic acids is 2. The van der Waals surface area contributed by atoms with Crippen LogP contribution in [0.25, 0.3) is 0 Å². The Balaban J connectivity index is 2.06. The zero-order valence-electron chi connectivity index (χ0n) is 18.3. The van der Waals surface area contributed by atoms with E-state index < -0.39 is 36.9 Å². The molecular formula is C24H28Cl2N2O5. The average Bonchev–Trinajstić information content (AvgIpc) is 2.80. The number of ether oxygens (including phenoxy) is 1. The van der Waals surface area contributed by atoms with Crippen LogP contribution in [-0.2, 0) is 14.3 Å². The van der Waals surface area contributed by atoms with E-state index in [1.807, 2.05) is 13.0 Å². The zero-order valence-corrected chi connectivity index (χ0v) is 19.8. The van der Waals surface area contributed by atoms with Crippen molar-refractivity contribution in [3.63, 3.8) is 0 Å². The molecule has 0 radical (unpaired) electrons. The largest absolute Gasteiger partial charge is 0.394 e. The van der Waals surface area contributed by atoms with Crippen molar-refractivity contribution in [2.45, 2.75) is 57.0 Å². The van der Waals surface area contributed by atoms with Crippen LogP contribution in [0.5, 0.6) is 0 Å². The number of rotatable bonds is 9. The maximum absolute atomic E-state index is 13.4. The van der Waals surface area contributed by atoms with E-state index in [0.29, 0.717) is 27.6 Å². The monoisotopic (exact) mass is 494 g/mol. The van der Waals surface area contributed by atoms with E-state index in [4.69, 9.17) is 27.9 Å². The highest BCUT2D eigenvalue weighted by Crippen LogP contribution is 2.42. The number of aliphatic hydroxyl groups is 2. The first-order valence-corrected chi connectivity index (χ1v) is 11.7. The Hall–Kier alpha value is -2.16. The topological polar surface area (TPSA) is 99.1 Å². The molecular weight excluding hydrogens is 467 g/mol. The summed E-state index contributed by atoms with van der Waals surface area (Å²) in [5, 5.41) is 21.6. The number of aliphatic hydroxyl groups excluding tert-OH is 2. The first-order chi connectivity index (χ1) is 15.8. The summed E-state index contributed by atoms with van der Waals surface area (Å²) in [7, 11) is 0. The van der Waals surface area contributed by atoms with Crippen LogP contribution >= 0.6 is 23.2 Å². The lowest BCUT2D eigenvalue weighted by molar-refractivity contribution is -0.187. The summed E-state index contributed by atoms with van der Waals surface area (Å²) in [6, 6.07) is 13.3. The van der Waals surface area contributed by atoms with Gasteiger partial charge in [-0.15, -0.1) is 0 Å². The second-order valence-corrected chi connectivity index (χ2v) is 8.89. The molecule has 2 aromatic rings. The lowest BCUT2D eigenvalue weighted by atomic mass is 9.92. The minimum Gasteiger partial charge on any atom is -0.394 e. The van der Waals surface area contributed by atoms with Gasteiger partial charge in [0.1, 0.15) is 18.2 Å². The van der Waals surface area contributed by atoms with Crippen molar-refractivity contribution in [2.75, 3.05) is 6.61 Å². The maximum atomic E-state index is 13.4. The van der Waals surface area contributed by atoms with Gasteiger partial charge in [0, 0.05) is 22.9 Å². The number of hydrogen-bond donors (Lipinski definition) is 3. The second-order valence-electron chi connectivity index (χ2n) is 8.02. The molecule has 1 heterocycles. The fourth-order valence-electron chi connectivity index (χ4n) is 3.80. The van der Waals surface area contributed by atoms with Gasteiger partial charge in [0.05, 0.1) is 12.7 Å². The standard InChI is InChI=1S/C24H28Cl2N2O5/c1-2-3-7-21(31)27-28-22(15-8-10-17(25)11-9-15)23(16-5-4-6-18(26)12-16)33-20(24(28)32)13-19(30)14-29/h4-6,8-12,19-20,22-23,29-30H,2-3,7,13-14H2,1H3,(H,27,31)/t19-,20+,22-,23+/m0/s1. The molecule has 1 aliphatic rings. The van der Waals surface area contributed by atoms with E-state index >= 15 is 0 Å². The third kappa shape index (κ3) is 6.46. The molecule has 3 rings (SSSR count). The minimum absolute atomic E-state index is 0.124. The summed E-state index contributed by atoms with van der Waals surface area (Å²) in [4.78, 5) is 26.1. The molecule has 7 nitrogen and oxygen atoms in total. The Morgan fingerprint density at radius 2 is 1.88 bits per heavy atom. The smallest absolute Gasteiger partial charge is 0.270 e. The van der Waals surface area contributed by atoms with E-state index in [1.54, 1.807) is 42.5 Å². The van der Waals surface area contributed by atoms with Gasteiger partial charge in [0.2, 0.25) is 5.91 Å². The Kier molecular flexibility index (Phi) is 9.11. The summed E-state index contributed by atoms with van der Waals surface area (Å²) in [6.45, 7) is 1.46. The SMILES string of the molecule is CCCCC(=O)NN1C(=O)[C@@H](C[C@H](O)CO)O[C@H](c2cccc(Cl)c2)[C@@H]1c1ccc(Cl)cc1. The van der Waals surface area contributed by atoms with E-state index in [-0.39, 0.29) is 18.7 Å². The maximum Gasteiger partial charge on any atom is 0.270 e. The second kappa shape index (κ2) is 11.8. The molecule has 0 unspecified atom stereocenters. The van der Waals surface area contributed by atoms with Crippen LogP contribution in [-0.4, -0.2) is 45.9 Å². The number of nitrogens with zero attached hydrogens (tertiary/aromatic N) is 1. The summed E-state index contributed by atoms with van der Waals surface area (Å²) >= 11 is 12.3. The number of morpholine rings is 1. The van der Waals surface area contributed by atoms with Crippen LogP contribution in [0.3, 0.4) is 0 Å². The predicted molar refractivity (Wildman–Crippen MR) is 125 cm³/mol. The van der Waals surface area contributed by atoms with Gasteiger partial charge in [-0.25, -0.2) is 5.01 Å². The summed E-state index contributed by atoms with van der Waals surface area (Å²) in [5.74, 6) is -0.803. The highest BCUT2D eigenvalue weighted by molar-refractivity contribution is 6.30. The van der Waals surface area contributed by atoms with Gasteiger partial charge in [-0.3, -0.25) is 15.0 Å². The van der Waals surface area contributed by atoms with E-state index in [1.165, 1.54) is 5.01 Å². The Labute approximate surface area is 203 Å². The van der Waals surface area contributed by atoms with Gasteiger partial charge in [-0.2, -0.15) is 0 Å². The summed E-state index contributed by atoms with van der Waals surface area (Å²) < 4.78 is 6.20. The minimum atomic E-state index is -1.15. The van der Waals surface area contributed by atoms with Crippen molar-refractivity contribution in [3.8, 4) is 0 Å². The number of amides is 2. The number of halogens is 2. The molecule has 1 aliphatic heterocycles. The molecule has 178 valence electrons. The Morgan fingerprint density at radius 3 is 2.52 bits per heavy atom. The molecule has 4 atom stereocenters. The van der Waals surface area contributed by atoms with Gasteiger partial charge in [-0.1, -0.05) is 60.8 Å². The molecule has 1 fully saturated rings. The number of hydrogen-bond acceptors (Lipinski definition) is 5. The highest BCUT2D eigenvalue weighted by atomic mass is 35.5. The molecule has 0 aromatic heterocycles. The first-order valence-electron chi connectivity index (χ1n) is 10.9. The van der Waals surface area contributed by atoms with Gasteiger partial charge in [0.25, 0.3) is 5.91 Å². The van der Waals surface area contributed by atoms with Crippen LogP contribution in [0.4, 0.5) is 0 Å². The number of benzene rings is 2. The number of hydrazine groups is 1. The van der Waals surface area contributed by atoms with Crippen LogP contribution in [0.15, 0.2) is 48.5 Å². The molecule has 3 N–H and O–H groups in total. The Bertz CT molecular complexity index is 956. The van der Waals surface area contributed by atoms with Crippen molar-refractivity contribution in [1.29, 1.82) is 0 Å². The molecule has 33 heavy (non-hydrogen) atoms. The van der Waals surface area contributed by atoms with Crippen molar-refractivity contribution < 1.29 is 24.5 Å². The average molecular weight is 495 g/mol. The van der Waals surface area contributed by atoms with Gasteiger partial charge >= 0.3 is 0 Å². The summed E-state index contributed by atoms with van der Waals surface area (Å²) in [6.07, 6.45) is -1.27. The van der Waals surface area contributed by atoms with Crippen LogP contribution in [0, 0.1) is 0 Å². The van der Waals surface area contributed by atoms with E-state index in [9.17, 15) is 19.8 Å². The molecule has 1 saturated heterocycles. The zero-order chi connectivity index (χ0) is 24.0. The van der Waals surface area contributed by atoms with Gasteiger partial charge in [0.15, 0.2) is 0 Å². The molecule has 0 saturated carbocycles. The van der Waals surface area contributed by atoms with Gasteiger partial charge < -0.3 is 14.9 Å². The molecule has 2 aromatic carbocycles. The lowest BCUT2D eigenvalue weighted by Gasteiger charge is -2.44. The van der Waals surface area contributed by atoms with Gasteiger partial charge in [-0.05, 0) is 41.8 Å². The molecule has 0 spiro atoms. The highest BCUT2D eigenvalue weighted by Gasteiger charge is 2.45. The summed E-state index contributed by atoms with van der Waals surface area (Å²) in [5.41, 5.74) is 4.16. The molecule has 2 amide bonds. The fourth-order valence-corrected chi connectivity index (χ4v) is 4.12. The quantitative estimate of drug-likeness (QED) is 0.489. The third-order valence-corrected chi connectivity index (χ3v) is 5.96. The predicted octanol–water partition coefficient (Wildman–Crippen LogP) is 3.97. The Morgan fingerprint density at radius 1 is 1.15 bits per heavy atom. The van der Waals surface area contributed by atoms with Crippen molar-refractivity contribution in [1.82, 2.24) is 10.4 Å². The normalized spacial score (nSPS) is 21.7.